The fourth-order valence-corrected chi connectivity index (χ4v) is 1.28. The normalized spacial score (nSPS) is 8.70. The van der Waals surface area contributed by atoms with Gasteiger partial charge in [-0.15, -0.1) is 6.58 Å². The van der Waals surface area contributed by atoms with Crippen LogP contribution in [0.2, 0.25) is 0 Å². The number of rotatable bonds is 6. The maximum Gasteiger partial charge on any atom is 0.294 e. The van der Waals surface area contributed by atoms with Gasteiger partial charge in [0.2, 0.25) is 5.71 Å². The van der Waals surface area contributed by atoms with Gasteiger partial charge in [0.05, 0.1) is 10.6 Å². The Balaban J connectivity index is 3.02. The van der Waals surface area contributed by atoms with Gasteiger partial charge in [-0.25, -0.2) is 0 Å². The summed E-state index contributed by atoms with van der Waals surface area (Å²) in [5.74, 6) is 0. The van der Waals surface area contributed by atoms with E-state index in [1.165, 1.54) is 18.2 Å². The molecule has 1 rings (SSSR count). The van der Waals surface area contributed by atoms with Gasteiger partial charge in [0, 0.05) is 12.6 Å². The van der Waals surface area contributed by atoms with Crippen LogP contribution in [0, 0.1) is 32.8 Å². The summed E-state index contributed by atoms with van der Waals surface area (Å²) >= 11 is 0. The Kier molecular flexibility index (Phi) is 5.23. The predicted octanol–water partition coefficient (Wildman–Crippen LogP) is 2.01. The largest absolute Gasteiger partial charge is 0.376 e. The first-order chi connectivity index (χ1) is 9.62. The van der Waals surface area contributed by atoms with E-state index < -0.39 is 4.92 Å². The summed E-state index contributed by atoms with van der Waals surface area (Å²) < 4.78 is 0. The standard InChI is InChI=1S/C12H10N6O2/c1-2-5-15-11-4-3-9(6-12(11)18(19)20)16-17-10(7-13)8-14/h2-4,6,15-16H,1,5H2. The van der Waals surface area contributed by atoms with E-state index in [4.69, 9.17) is 10.5 Å². The average molecular weight is 270 g/mol. The van der Waals surface area contributed by atoms with E-state index in [2.05, 4.69) is 22.4 Å². The monoisotopic (exact) mass is 270 g/mol. The van der Waals surface area contributed by atoms with E-state index in [-0.39, 0.29) is 11.4 Å². The van der Waals surface area contributed by atoms with Crippen molar-refractivity contribution in [1.82, 2.24) is 0 Å². The van der Waals surface area contributed by atoms with E-state index >= 15 is 0 Å². The number of nitro benzene ring substituents is 1. The Labute approximate surface area is 114 Å². The van der Waals surface area contributed by atoms with Crippen LogP contribution in [-0.2, 0) is 0 Å². The van der Waals surface area contributed by atoms with Crippen molar-refractivity contribution in [3.63, 3.8) is 0 Å². The lowest BCUT2D eigenvalue weighted by molar-refractivity contribution is -0.383. The van der Waals surface area contributed by atoms with E-state index in [1.54, 1.807) is 18.2 Å². The minimum absolute atomic E-state index is 0.150. The second-order valence-electron chi connectivity index (χ2n) is 3.45. The maximum absolute atomic E-state index is 11.0. The quantitative estimate of drug-likeness (QED) is 0.352. The molecule has 0 aliphatic heterocycles. The number of benzene rings is 1. The highest BCUT2D eigenvalue weighted by Gasteiger charge is 2.13. The summed E-state index contributed by atoms with van der Waals surface area (Å²) in [5, 5.41) is 34.3. The zero-order chi connectivity index (χ0) is 15.0. The molecule has 0 unspecified atom stereocenters. The number of hydrogen-bond donors (Lipinski definition) is 2. The van der Waals surface area contributed by atoms with E-state index in [9.17, 15) is 10.1 Å². The SMILES string of the molecule is C=CCNc1ccc(NN=C(C#N)C#N)cc1[N+](=O)[O-]. The van der Waals surface area contributed by atoms with Gasteiger partial charge in [-0.1, -0.05) is 6.08 Å². The number of hydrazone groups is 1. The zero-order valence-electron chi connectivity index (χ0n) is 10.3. The zero-order valence-corrected chi connectivity index (χ0v) is 10.3. The molecule has 0 atom stereocenters. The lowest BCUT2D eigenvalue weighted by Gasteiger charge is -2.06. The third-order valence-corrected chi connectivity index (χ3v) is 2.14. The molecule has 8 heteroatoms. The molecule has 0 amide bonds. The van der Waals surface area contributed by atoms with Crippen LogP contribution in [0.25, 0.3) is 0 Å². The Morgan fingerprint density at radius 1 is 1.50 bits per heavy atom. The Morgan fingerprint density at radius 2 is 2.20 bits per heavy atom. The summed E-state index contributed by atoms with van der Waals surface area (Å²) in [6.07, 6.45) is 1.58. The molecule has 1 aromatic carbocycles. The summed E-state index contributed by atoms with van der Waals surface area (Å²) in [6, 6.07) is 7.42. The fraction of sp³-hybridized carbons (Fsp3) is 0.0833. The molecule has 20 heavy (non-hydrogen) atoms. The molecule has 8 nitrogen and oxygen atoms in total. The summed E-state index contributed by atoms with van der Waals surface area (Å²) in [4.78, 5) is 10.4. The van der Waals surface area contributed by atoms with Gasteiger partial charge in [-0.2, -0.15) is 15.6 Å². The molecular formula is C12H10N6O2. The highest BCUT2D eigenvalue weighted by Crippen LogP contribution is 2.27. The number of nitriles is 2. The molecule has 100 valence electrons. The van der Waals surface area contributed by atoms with Crippen LogP contribution in [0.4, 0.5) is 17.1 Å². The summed E-state index contributed by atoms with van der Waals surface area (Å²) in [7, 11) is 0. The Hall–Kier alpha value is -3.39. The number of nitrogens with zero attached hydrogens (tertiary/aromatic N) is 4. The van der Waals surface area contributed by atoms with Crippen LogP contribution in [0.1, 0.15) is 0 Å². The Bertz CT molecular complexity index is 622. The molecular weight excluding hydrogens is 260 g/mol. The Morgan fingerprint density at radius 3 is 2.75 bits per heavy atom. The van der Waals surface area contributed by atoms with Gasteiger partial charge in [-0.3, -0.25) is 15.5 Å². The molecule has 0 aliphatic carbocycles. The summed E-state index contributed by atoms with van der Waals surface area (Å²) in [6.45, 7) is 3.90. The fourth-order valence-electron chi connectivity index (χ4n) is 1.28. The van der Waals surface area contributed by atoms with Crippen molar-refractivity contribution in [3.05, 3.63) is 41.0 Å². The van der Waals surface area contributed by atoms with Crippen LogP contribution < -0.4 is 10.7 Å². The van der Waals surface area contributed by atoms with Crippen molar-refractivity contribution in [3.8, 4) is 12.1 Å². The smallest absolute Gasteiger partial charge is 0.294 e. The second-order valence-corrected chi connectivity index (χ2v) is 3.45. The molecule has 0 radical (unpaired) electrons. The summed E-state index contributed by atoms with van der Waals surface area (Å²) in [5.41, 5.74) is 2.53. The molecule has 0 bridgehead atoms. The second kappa shape index (κ2) is 7.13. The molecule has 0 fully saturated rings. The molecule has 0 heterocycles. The van der Waals surface area contributed by atoms with Crippen LogP contribution in [0.5, 0.6) is 0 Å². The number of hydrogen-bond acceptors (Lipinski definition) is 7. The molecule has 1 aromatic rings. The van der Waals surface area contributed by atoms with Gasteiger partial charge in [0.25, 0.3) is 5.69 Å². The topological polar surface area (TPSA) is 127 Å². The van der Waals surface area contributed by atoms with Gasteiger partial charge in [0.15, 0.2) is 0 Å². The van der Waals surface area contributed by atoms with Gasteiger partial charge < -0.3 is 5.32 Å². The molecule has 0 saturated carbocycles. The maximum atomic E-state index is 11.0. The molecule has 0 aromatic heterocycles. The van der Waals surface area contributed by atoms with Crippen LogP contribution >= 0.6 is 0 Å². The first kappa shape index (κ1) is 14.7. The van der Waals surface area contributed by atoms with Crippen molar-refractivity contribution in [1.29, 1.82) is 10.5 Å². The lowest BCUT2D eigenvalue weighted by Crippen LogP contribution is -2.03. The van der Waals surface area contributed by atoms with Crippen molar-refractivity contribution in [2.45, 2.75) is 0 Å². The first-order valence-electron chi connectivity index (χ1n) is 5.39. The van der Waals surface area contributed by atoms with Crippen LogP contribution in [-0.4, -0.2) is 17.2 Å². The van der Waals surface area contributed by atoms with Crippen molar-refractivity contribution in [2.75, 3.05) is 17.3 Å². The molecule has 0 saturated heterocycles. The van der Waals surface area contributed by atoms with Crippen LogP contribution in [0.15, 0.2) is 36.0 Å². The molecule has 2 N–H and O–H groups in total. The number of nitro groups is 1. The minimum Gasteiger partial charge on any atom is -0.376 e. The van der Waals surface area contributed by atoms with E-state index in [0.717, 1.165) is 0 Å². The average Bonchev–Trinajstić information content (AvgIpc) is 2.46. The molecule has 0 spiro atoms. The van der Waals surface area contributed by atoms with Crippen LogP contribution in [0.3, 0.4) is 0 Å². The van der Waals surface area contributed by atoms with Gasteiger partial charge in [0.1, 0.15) is 17.8 Å². The van der Waals surface area contributed by atoms with E-state index in [1.807, 2.05) is 0 Å². The minimum atomic E-state index is -0.546. The third-order valence-electron chi connectivity index (χ3n) is 2.14. The van der Waals surface area contributed by atoms with Crippen molar-refractivity contribution in [2.24, 2.45) is 5.10 Å². The number of nitrogens with one attached hydrogen (secondary N) is 2. The van der Waals surface area contributed by atoms with Gasteiger partial charge in [-0.05, 0) is 12.1 Å². The predicted molar refractivity (Wildman–Crippen MR) is 74.1 cm³/mol. The number of anilines is 2. The lowest BCUT2D eigenvalue weighted by atomic mass is 10.2. The van der Waals surface area contributed by atoms with Crippen molar-refractivity contribution >= 4 is 22.8 Å². The highest BCUT2D eigenvalue weighted by atomic mass is 16.6. The third kappa shape index (κ3) is 3.82. The first-order valence-corrected chi connectivity index (χ1v) is 5.39. The van der Waals surface area contributed by atoms with Crippen molar-refractivity contribution < 1.29 is 4.92 Å². The van der Waals surface area contributed by atoms with E-state index in [0.29, 0.717) is 17.9 Å². The van der Waals surface area contributed by atoms with Gasteiger partial charge >= 0.3 is 0 Å². The highest BCUT2D eigenvalue weighted by molar-refractivity contribution is 6.10. The molecule has 0 aliphatic rings.